The van der Waals surface area contributed by atoms with Gasteiger partial charge in [0.1, 0.15) is 0 Å². The Morgan fingerprint density at radius 2 is 1.70 bits per heavy atom. The van der Waals surface area contributed by atoms with Gasteiger partial charge in [-0.3, -0.25) is 4.79 Å². The topological polar surface area (TPSA) is 66.4 Å². The second-order valence-corrected chi connectivity index (χ2v) is 5.62. The molecule has 1 aliphatic rings. The van der Waals surface area contributed by atoms with Crippen LogP contribution in [0.15, 0.2) is 12.1 Å². The van der Waals surface area contributed by atoms with E-state index in [0.717, 1.165) is 12.8 Å². The summed E-state index contributed by atoms with van der Waals surface area (Å²) in [6, 6.07) is 3.54. The van der Waals surface area contributed by atoms with Gasteiger partial charge in [-0.25, -0.2) is 4.79 Å². The number of aromatic carboxylic acids is 1. The molecule has 4 nitrogen and oxygen atoms in total. The lowest BCUT2D eigenvalue weighted by molar-refractivity contribution is 0.0690. The first-order valence-corrected chi connectivity index (χ1v) is 7.12. The third-order valence-electron chi connectivity index (χ3n) is 4.09. The Hall–Kier alpha value is -1.84. The molecule has 0 aromatic heterocycles. The predicted molar refractivity (Wildman–Crippen MR) is 77.2 cm³/mol. The summed E-state index contributed by atoms with van der Waals surface area (Å²) in [5.74, 6) is -0.773. The first-order chi connectivity index (χ1) is 9.50. The van der Waals surface area contributed by atoms with Gasteiger partial charge in [-0.15, -0.1) is 0 Å². The molecule has 0 radical (unpaired) electrons. The molecule has 1 aliphatic carbocycles. The highest BCUT2D eigenvalue weighted by molar-refractivity contribution is 6.06. The van der Waals surface area contributed by atoms with Crippen molar-refractivity contribution >= 4 is 11.9 Å². The molecule has 108 valence electrons. The van der Waals surface area contributed by atoms with E-state index in [1.54, 1.807) is 26.0 Å². The van der Waals surface area contributed by atoms with Crippen LogP contribution < -0.4 is 5.32 Å². The molecule has 1 saturated carbocycles. The number of benzene rings is 1. The smallest absolute Gasteiger partial charge is 0.336 e. The van der Waals surface area contributed by atoms with Crippen LogP contribution in [0.2, 0.25) is 0 Å². The number of hydrogen-bond acceptors (Lipinski definition) is 2. The maximum Gasteiger partial charge on any atom is 0.336 e. The minimum Gasteiger partial charge on any atom is -0.478 e. The predicted octanol–water partition coefficient (Wildman–Crippen LogP) is 2.92. The van der Waals surface area contributed by atoms with E-state index in [1.165, 1.54) is 12.8 Å². The Bertz CT molecular complexity index is 531. The van der Waals surface area contributed by atoms with Gasteiger partial charge in [-0.05, 0) is 43.7 Å². The molecule has 0 aliphatic heterocycles. The molecule has 2 N–H and O–H groups in total. The first-order valence-electron chi connectivity index (χ1n) is 7.12. The highest BCUT2D eigenvalue weighted by atomic mass is 16.4. The molecular weight excluding hydrogens is 254 g/mol. The van der Waals surface area contributed by atoms with Crippen LogP contribution in [-0.4, -0.2) is 23.5 Å². The number of aryl methyl sites for hydroxylation is 2. The van der Waals surface area contributed by atoms with Crippen LogP contribution in [0.4, 0.5) is 0 Å². The van der Waals surface area contributed by atoms with E-state index in [2.05, 4.69) is 5.32 Å². The van der Waals surface area contributed by atoms with Gasteiger partial charge in [-0.1, -0.05) is 25.0 Å². The summed E-state index contributed by atoms with van der Waals surface area (Å²) in [6.07, 6.45) is 4.76. The van der Waals surface area contributed by atoms with Gasteiger partial charge < -0.3 is 10.4 Å². The van der Waals surface area contributed by atoms with Crippen molar-refractivity contribution in [2.24, 2.45) is 5.92 Å². The lowest BCUT2D eigenvalue weighted by Gasteiger charge is -2.15. The van der Waals surface area contributed by atoms with E-state index in [4.69, 9.17) is 0 Å². The zero-order chi connectivity index (χ0) is 14.7. The minimum atomic E-state index is -1.04. The molecule has 1 fully saturated rings. The van der Waals surface area contributed by atoms with E-state index in [0.29, 0.717) is 29.2 Å². The average molecular weight is 275 g/mol. The fraction of sp³-hybridized carbons (Fsp3) is 0.500. The van der Waals surface area contributed by atoms with Gasteiger partial charge in [0.25, 0.3) is 5.91 Å². The standard InChI is InChI=1S/C16H21NO3/c1-10-7-8-11(2)14(16(19)20)13(10)15(18)17-9-12-5-3-4-6-12/h7-8,12H,3-6,9H2,1-2H3,(H,17,18)(H,19,20). The van der Waals surface area contributed by atoms with Gasteiger partial charge in [0, 0.05) is 6.54 Å². The van der Waals surface area contributed by atoms with Crippen molar-refractivity contribution in [3.05, 3.63) is 34.4 Å². The van der Waals surface area contributed by atoms with Gasteiger partial charge in [0.2, 0.25) is 0 Å². The number of hydrogen-bond donors (Lipinski definition) is 2. The molecule has 0 spiro atoms. The van der Waals surface area contributed by atoms with Crippen LogP contribution in [0, 0.1) is 19.8 Å². The monoisotopic (exact) mass is 275 g/mol. The van der Waals surface area contributed by atoms with Crippen molar-refractivity contribution in [2.75, 3.05) is 6.54 Å². The number of nitrogens with one attached hydrogen (secondary N) is 1. The summed E-state index contributed by atoms with van der Waals surface area (Å²) >= 11 is 0. The lowest BCUT2D eigenvalue weighted by atomic mass is 9.96. The van der Waals surface area contributed by atoms with E-state index in [-0.39, 0.29) is 11.5 Å². The molecule has 4 heteroatoms. The summed E-state index contributed by atoms with van der Waals surface area (Å²) in [6.45, 7) is 4.14. The molecule has 0 bridgehead atoms. The van der Waals surface area contributed by atoms with Crippen LogP contribution in [0.25, 0.3) is 0 Å². The number of carbonyl (C=O) groups excluding carboxylic acids is 1. The van der Waals surface area contributed by atoms with Crippen molar-refractivity contribution in [2.45, 2.75) is 39.5 Å². The minimum absolute atomic E-state index is 0.119. The van der Waals surface area contributed by atoms with Gasteiger partial charge in [0.15, 0.2) is 0 Å². The Kier molecular flexibility index (Phi) is 4.42. The number of rotatable bonds is 4. The molecule has 0 unspecified atom stereocenters. The van der Waals surface area contributed by atoms with Gasteiger partial charge in [0.05, 0.1) is 11.1 Å². The highest BCUT2D eigenvalue weighted by Crippen LogP contribution is 2.24. The average Bonchev–Trinajstić information content (AvgIpc) is 2.91. The van der Waals surface area contributed by atoms with E-state index < -0.39 is 5.97 Å². The van der Waals surface area contributed by atoms with Gasteiger partial charge in [-0.2, -0.15) is 0 Å². The summed E-state index contributed by atoms with van der Waals surface area (Å²) < 4.78 is 0. The number of carboxylic acids is 1. The van der Waals surface area contributed by atoms with Crippen LogP contribution in [-0.2, 0) is 0 Å². The summed E-state index contributed by atoms with van der Waals surface area (Å²) in [4.78, 5) is 23.7. The van der Waals surface area contributed by atoms with Gasteiger partial charge >= 0.3 is 5.97 Å². The molecule has 1 amide bonds. The molecule has 20 heavy (non-hydrogen) atoms. The van der Waals surface area contributed by atoms with E-state index >= 15 is 0 Å². The van der Waals surface area contributed by atoms with Crippen molar-refractivity contribution in [3.8, 4) is 0 Å². The largest absolute Gasteiger partial charge is 0.478 e. The lowest BCUT2D eigenvalue weighted by Crippen LogP contribution is -2.30. The van der Waals surface area contributed by atoms with Crippen molar-refractivity contribution in [1.82, 2.24) is 5.32 Å². The number of amides is 1. The zero-order valence-electron chi connectivity index (χ0n) is 12.0. The molecular formula is C16H21NO3. The van der Waals surface area contributed by atoms with Crippen LogP contribution in [0.1, 0.15) is 57.5 Å². The molecule has 2 rings (SSSR count). The Labute approximate surface area is 119 Å². The normalized spacial score (nSPS) is 15.3. The maximum absolute atomic E-state index is 12.3. The van der Waals surface area contributed by atoms with E-state index in [1.807, 2.05) is 0 Å². The zero-order valence-corrected chi connectivity index (χ0v) is 12.0. The van der Waals surface area contributed by atoms with Crippen LogP contribution in [0.5, 0.6) is 0 Å². The third kappa shape index (κ3) is 3.00. The van der Waals surface area contributed by atoms with Crippen LogP contribution in [0.3, 0.4) is 0 Å². The molecule has 0 atom stereocenters. The highest BCUT2D eigenvalue weighted by Gasteiger charge is 2.22. The third-order valence-corrected chi connectivity index (χ3v) is 4.09. The fourth-order valence-electron chi connectivity index (χ4n) is 2.92. The second-order valence-electron chi connectivity index (χ2n) is 5.62. The summed E-state index contributed by atoms with van der Waals surface area (Å²) in [5, 5.41) is 12.2. The summed E-state index contributed by atoms with van der Waals surface area (Å²) in [5.41, 5.74) is 1.75. The van der Waals surface area contributed by atoms with Crippen molar-refractivity contribution in [3.63, 3.8) is 0 Å². The maximum atomic E-state index is 12.3. The Morgan fingerprint density at radius 3 is 2.25 bits per heavy atom. The number of carbonyl (C=O) groups is 2. The number of carboxylic acid groups (broad SMARTS) is 1. The first kappa shape index (κ1) is 14.6. The van der Waals surface area contributed by atoms with E-state index in [9.17, 15) is 14.7 Å². The Morgan fingerprint density at radius 1 is 1.15 bits per heavy atom. The SMILES string of the molecule is Cc1ccc(C)c(C(=O)NCC2CCCC2)c1C(=O)O. The molecule has 0 saturated heterocycles. The molecule has 0 heterocycles. The quantitative estimate of drug-likeness (QED) is 0.888. The fourth-order valence-corrected chi connectivity index (χ4v) is 2.92. The van der Waals surface area contributed by atoms with Crippen molar-refractivity contribution in [1.29, 1.82) is 0 Å². The molecule has 1 aromatic carbocycles. The van der Waals surface area contributed by atoms with Crippen LogP contribution >= 0.6 is 0 Å². The van der Waals surface area contributed by atoms with Crippen molar-refractivity contribution < 1.29 is 14.7 Å². The molecule has 1 aromatic rings. The second kappa shape index (κ2) is 6.07. The summed E-state index contributed by atoms with van der Waals surface area (Å²) in [7, 11) is 0. The Balaban J connectivity index is 2.19.